The largest absolute Gasteiger partial charge is 0.330 e. The van der Waals surface area contributed by atoms with Crippen LogP contribution in [0.3, 0.4) is 0 Å². The average Bonchev–Trinajstić information content (AvgIpc) is 2.05. The normalized spacial score (nSPS) is 32.8. The molecule has 3 nitrogen and oxygen atoms in total. The third kappa shape index (κ3) is 2.19. The van der Waals surface area contributed by atoms with E-state index in [2.05, 4.69) is 18.7 Å². The van der Waals surface area contributed by atoms with E-state index >= 15 is 0 Å². The van der Waals surface area contributed by atoms with Gasteiger partial charge in [-0.25, -0.2) is 0 Å². The van der Waals surface area contributed by atoms with E-state index in [-0.39, 0.29) is 0 Å². The van der Waals surface area contributed by atoms with E-state index in [1.54, 1.807) is 0 Å². The molecule has 0 amide bonds. The average molecular weight is 171 g/mol. The standard InChI is InChI=1S/C9H21N3/c1-7(2)12-4-3-9(11)8(5-10)6-12/h7-9H,3-6,10-11H2,1-2H3. The Balaban J connectivity index is 2.44. The first-order chi connectivity index (χ1) is 5.65. The number of nitrogens with zero attached hydrogens (tertiary/aromatic N) is 1. The van der Waals surface area contributed by atoms with Gasteiger partial charge in [-0.2, -0.15) is 0 Å². The van der Waals surface area contributed by atoms with Crippen molar-refractivity contribution in [2.45, 2.75) is 32.4 Å². The van der Waals surface area contributed by atoms with Crippen molar-refractivity contribution >= 4 is 0 Å². The van der Waals surface area contributed by atoms with Crippen LogP contribution in [0, 0.1) is 5.92 Å². The van der Waals surface area contributed by atoms with Gasteiger partial charge in [0.1, 0.15) is 0 Å². The molecule has 4 N–H and O–H groups in total. The third-order valence-electron chi connectivity index (χ3n) is 2.86. The van der Waals surface area contributed by atoms with Crippen LogP contribution in [0.2, 0.25) is 0 Å². The third-order valence-corrected chi connectivity index (χ3v) is 2.86. The highest BCUT2D eigenvalue weighted by Gasteiger charge is 2.26. The highest BCUT2D eigenvalue weighted by Crippen LogP contribution is 2.16. The molecule has 0 saturated carbocycles. The van der Waals surface area contributed by atoms with Crippen molar-refractivity contribution in [2.24, 2.45) is 17.4 Å². The van der Waals surface area contributed by atoms with Crippen LogP contribution in [0.5, 0.6) is 0 Å². The molecule has 1 fully saturated rings. The van der Waals surface area contributed by atoms with E-state index < -0.39 is 0 Å². The van der Waals surface area contributed by atoms with Crippen LogP contribution in [0.4, 0.5) is 0 Å². The number of rotatable bonds is 2. The van der Waals surface area contributed by atoms with Gasteiger partial charge in [0.25, 0.3) is 0 Å². The molecule has 1 saturated heterocycles. The van der Waals surface area contributed by atoms with Gasteiger partial charge in [-0.3, -0.25) is 0 Å². The lowest BCUT2D eigenvalue weighted by Crippen LogP contribution is -2.51. The highest BCUT2D eigenvalue weighted by atomic mass is 15.2. The van der Waals surface area contributed by atoms with Crippen molar-refractivity contribution in [1.29, 1.82) is 0 Å². The summed E-state index contributed by atoms with van der Waals surface area (Å²) >= 11 is 0. The SMILES string of the molecule is CC(C)N1CCC(N)C(CN)C1. The fourth-order valence-corrected chi connectivity index (χ4v) is 1.80. The van der Waals surface area contributed by atoms with Crippen molar-refractivity contribution in [1.82, 2.24) is 4.90 Å². The molecule has 3 heteroatoms. The van der Waals surface area contributed by atoms with Crippen molar-refractivity contribution in [2.75, 3.05) is 19.6 Å². The second-order valence-electron chi connectivity index (χ2n) is 4.04. The summed E-state index contributed by atoms with van der Waals surface area (Å²) in [6.07, 6.45) is 1.10. The fraction of sp³-hybridized carbons (Fsp3) is 1.00. The molecule has 0 radical (unpaired) electrons. The predicted molar refractivity (Wildman–Crippen MR) is 51.8 cm³/mol. The Morgan fingerprint density at radius 1 is 1.50 bits per heavy atom. The van der Waals surface area contributed by atoms with Gasteiger partial charge in [-0.1, -0.05) is 0 Å². The monoisotopic (exact) mass is 171 g/mol. The molecule has 0 aromatic rings. The van der Waals surface area contributed by atoms with Crippen LogP contribution in [0.25, 0.3) is 0 Å². The minimum Gasteiger partial charge on any atom is -0.330 e. The summed E-state index contributed by atoms with van der Waals surface area (Å²) in [4.78, 5) is 2.46. The van der Waals surface area contributed by atoms with Crippen molar-refractivity contribution < 1.29 is 0 Å². The first kappa shape index (κ1) is 9.96. The summed E-state index contributed by atoms with van der Waals surface area (Å²) < 4.78 is 0. The molecule has 1 heterocycles. The maximum atomic E-state index is 5.95. The minimum atomic E-state index is 0.324. The Hall–Kier alpha value is -0.120. The summed E-state index contributed by atoms with van der Waals surface area (Å²) in [5, 5.41) is 0. The van der Waals surface area contributed by atoms with Crippen molar-refractivity contribution in [3.05, 3.63) is 0 Å². The van der Waals surface area contributed by atoms with E-state index in [1.807, 2.05) is 0 Å². The summed E-state index contributed by atoms with van der Waals surface area (Å²) in [7, 11) is 0. The summed E-state index contributed by atoms with van der Waals surface area (Å²) in [6.45, 7) is 7.39. The van der Waals surface area contributed by atoms with Gasteiger partial charge in [0, 0.05) is 18.6 Å². The van der Waals surface area contributed by atoms with E-state index in [0.29, 0.717) is 18.0 Å². The molecule has 0 aromatic heterocycles. The van der Waals surface area contributed by atoms with Gasteiger partial charge < -0.3 is 16.4 Å². The lowest BCUT2D eigenvalue weighted by atomic mass is 9.92. The molecule has 2 atom stereocenters. The van der Waals surface area contributed by atoms with Crippen LogP contribution in [-0.2, 0) is 0 Å². The van der Waals surface area contributed by atoms with Crippen molar-refractivity contribution in [3.63, 3.8) is 0 Å². The van der Waals surface area contributed by atoms with E-state index in [4.69, 9.17) is 11.5 Å². The zero-order valence-electron chi connectivity index (χ0n) is 8.16. The first-order valence-corrected chi connectivity index (χ1v) is 4.85. The van der Waals surface area contributed by atoms with Gasteiger partial charge in [0.05, 0.1) is 0 Å². The molecule has 1 aliphatic rings. The summed E-state index contributed by atoms with van der Waals surface area (Å²) in [5.41, 5.74) is 11.6. The number of hydrogen-bond donors (Lipinski definition) is 2. The Morgan fingerprint density at radius 3 is 2.67 bits per heavy atom. The second-order valence-corrected chi connectivity index (χ2v) is 4.04. The molecule has 0 aromatic carbocycles. The quantitative estimate of drug-likeness (QED) is 0.615. The molecule has 0 spiro atoms. The van der Waals surface area contributed by atoms with Crippen LogP contribution in [0.15, 0.2) is 0 Å². The Labute approximate surface area is 75.1 Å². The van der Waals surface area contributed by atoms with Crippen LogP contribution < -0.4 is 11.5 Å². The zero-order valence-corrected chi connectivity index (χ0v) is 8.16. The lowest BCUT2D eigenvalue weighted by molar-refractivity contribution is 0.127. The molecular weight excluding hydrogens is 150 g/mol. The lowest BCUT2D eigenvalue weighted by Gasteiger charge is -2.38. The molecule has 0 aliphatic carbocycles. The number of nitrogens with two attached hydrogens (primary N) is 2. The maximum absolute atomic E-state index is 5.95. The Bertz CT molecular complexity index is 136. The first-order valence-electron chi connectivity index (χ1n) is 4.85. The van der Waals surface area contributed by atoms with Gasteiger partial charge >= 0.3 is 0 Å². The number of likely N-dealkylation sites (tertiary alicyclic amines) is 1. The molecule has 72 valence electrons. The summed E-state index contributed by atoms with van der Waals surface area (Å²) in [6, 6.07) is 0.955. The molecule has 2 unspecified atom stereocenters. The van der Waals surface area contributed by atoms with Gasteiger partial charge in [-0.05, 0) is 39.3 Å². The van der Waals surface area contributed by atoms with Gasteiger partial charge in [0.15, 0.2) is 0 Å². The predicted octanol–water partition coefficient (Wildman–Crippen LogP) is 0.00270. The minimum absolute atomic E-state index is 0.324. The molecular formula is C9H21N3. The zero-order chi connectivity index (χ0) is 9.14. The summed E-state index contributed by atoms with van der Waals surface area (Å²) in [5.74, 6) is 0.501. The molecule has 1 aliphatic heterocycles. The maximum Gasteiger partial charge on any atom is 0.0104 e. The van der Waals surface area contributed by atoms with E-state index in [0.717, 1.165) is 26.1 Å². The van der Waals surface area contributed by atoms with Crippen molar-refractivity contribution in [3.8, 4) is 0 Å². The van der Waals surface area contributed by atoms with Gasteiger partial charge in [0.2, 0.25) is 0 Å². The van der Waals surface area contributed by atoms with Crippen LogP contribution in [0.1, 0.15) is 20.3 Å². The fourth-order valence-electron chi connectivity index (χ4n) is 1.80. The van der Waals surface area contributed by atoms with Crippen LogP contribution in [-0.4, -0.2) is 36.6 Å². The smallest absolute Gasteiger partial charge is 0.0104 e. The van der Waals surface area contributed by atoms with Crippen LogP contribution >= 0.6 is 0 Å². The Morgan fingerprint density at radius 2 is 2.17 bits per heavy atom. The molecule has 12 heavy (non-hydrogen) atoms. The number of piperidine rings is 1. The Kier molecular flexibility index (Phi) is 3.50. The topological polar surface area (TPSA) is 55.3 Å². The highest BCUT2D eigenvalue weighted by molar-refractivity contribution is 4.84. The van der Waals surface area contributed by atoms with E-state index in [9.17, 15) is 0 Å². The molecule has 1 rings (SSSR count). The van der Waals surface area contributed by atoms with Gasteiger partial charge in [-0.15, -0.1) is 0 Å². The second kappa shape index (κ2) is 4.21. The molecule has 0 bridgehead atoms. The number of hydrogen-bond acceptors (Lipinski definition) is 3. The van der Waals surface area contributed by atoms with E-state index in [1.165, 1.54) is 0 Å².